The molecule has 0 aliphatic heterocycles. The van der Waals surface area contributed by atoms with Crippen molar-refractivity contribution in [1.29, 1.82) is 0 Å². The topological polar surface area (TPSA) is 96.0 Å². The number of hydrogen-bond donors (Lipinski definition) is 1. The maximum absolute atomic E-state index is 14.0. The second-order valence-corrected chi connectivity index (χ2v) is 11.9. The standard InChI is InChI=1S/C30H35ClFN3O5S/c1-5-28(30(37)33-21(3)4)34(19-22-7-11-24(32)12-8-22)29(36)20-35(25-13-15-26(16-14-25)40-6-2)41(38,39)27-17-9-23(31)10-18-27/h7-18,21,28H,5-6,19-20H2,1-4H3,(H,33,37)/t28-/m1/s1. The second-order valence-electron chi connectivity index (χ2n) is 9.63. The van der Waals surface area contributed by atoms with Crippen molar-refractivity contribution in [3.8, 4) is 5.75 Å². The van der Waals surface area contributed by atoms with E-state index in [1.165, 1.54) is 53.4 Å². The number of carbonyl (C=O) groups is 2. The van der Waals surface area contributed by atoms with Gasteiger partial charge in [-0.25, -0.2) is 12.8 Å². The summed E-state index contributed by atoms with van der Waals surface area (Å²) in [6.07, 6.45) is 0.276. The summed E-state index contributed by atoms with van der Waals surface area (Å²) < 4.78 is 47.9. The van der Waals surface area contributed by atoms with Crippen LogP contribution in [-0.4, -0.2) is 50.4 Å². The third-order valence-electron chi connectivity index (χ3n) is 6.20. The van der Waals surface area contributed by atoms with Gasteiger partial charge in [0.1, 0.15) is 24.2 Å². The summed E-state index contributed by atoms with van der Waals surface area (Å²) in [5.74, 6) is -0.870. The molecule has 3 aromatic carbocycles. The van der Waals surface area contributed by atoms with Crippen molar-refractivity contribution in [2.24, 2.45) is 0 Å². The van der Waals surface area contributed by atoms with Gasteiger partial charge in [-0.1, -0.05) is 30.7 Å². The lowest BCUT2D eigenvalue weighted by atomic mass is 10.1. The smallest absolute Gasteiger partial charge is 0.264 e. The highest BCUT2D eigenvalue weighted by Crippen LogP contribution is 2.27. The predicted molar refractivity (Wildman–Crippen MR) is 158 cm³/mol. The highest BCUT2D eigenvalue weighted by Gasteiger charge is 2.34. The molecule has 0 bridgehead atoms. The molecule has 1 atom stereocenters. The van der Waals surface area contributed by atoms with Gasteiger partial charge < -0.3 is 15.0 Å². The molecule has 0 spiro atoms. The van der Waals surface area contributed by atoms with Gasteiger partial charge in [-0.2, -0.15) is 0 Å². The van der Waals surface area contributed by atoms with Crippen molar-refractivity contribution in [2.45, 2.75) is 57.6 Å². The fourth-order valence-electron chi connectivity index (χ4n) is 4.22. The first-order chi connectivity index (χ1) is 19.5. The number of nitrogens with one attached hydrogen (secondary N) is 1. The number of benzene rings is 3. The predicted octanol–water partition coefficient (Wildman–Crippen LogP) is 5.41. The van der Waals surface area contributed by atoms with Crippen LogP contribution in [0.25, 0.3) is 0 Å². The van der Waals surface area contributed by atoms with E-state index in [-0.39, 0.29) is 35.5 Å². The third kappa shape index (κ3) is 8.43. The average molecular weight is 604 g/mol. The zero-order valence-electron chi connectivity index (χ0n) is 23.5. The molecule has 8 nitrogen and oxygen atoms in total. The van der Waals surface area contributed by atoms with Crippen LogP contribution >= 0.6 is 11.6 Å². The average Bonchev–Trinajstić information content (AvgIpc) is 2.93. The molecule has 220 valence electrons. The highest BCUT2D eigenvalue weighted by atomic mass is 35.5. The number of anilines is 1. The lowest BCUT2D eigenvalue weighted by Gasteiger charge is -2.33. The molecule has 0 saturated carbocycles. The van der Waals surface area contributed by atoms with E-state index in [0.29, 0.717) is 22.9 Å². The van der Waals surface area contributed by atoms with Crippen LogP contribution < -0.4 is 14.4 Å². The maximum Gasteiger partial charge on any atom is 0.264 e. The van der Waals surface area contributed by atoms with Crippen LogP contribution in [0.1, 0.15) is 39.7 Å². The monoisotopic (exact) mass is 603 g/mol. The second kappa shape index (κ2) is 14.3. The molecule has 0 radical (unpaired) electrons. The summed E-state index contributed by atoms with van der Waals surface area (Å²) >= 11 is 5.99. The normalized spacial score (nSPS) is 12.1. The third-order valence-corrected chi connectivity index (χ3v) is 8.24. The molecule has 0 aliphatic rings. The van der Waals surface area contributed by atoms with E-state index in [2.05, 4.69) is 5.32 Å². The van der Waals surface area contributed by atoms with Crippen LogP contribution in [0, 0.1) is 5.82 Å². The largest absolute Gasteiger partial charge is 0.494 e. The molecule has 0 unspecified atom stereocenters. The molecular formula is C30H35ClFN3O5S. The number of sulfonamides is 1. The van der Waals surface area contributed by atoms with Crippen LogP contribution in [0.4, 0.5) is 10.1 Å². The number of hydrogen-bond acceptors (Lipinski definition) is 5. The van der Waals surface area contributed by atoms with Gasteiger partial charge in [0.2, 0.25) is 11.8 Å². The fourth-order valence-corrected chi connectivity index (χ4v) is 5.76. The Kier molecular flexibility index (Phi) is 11.1. The van der Waals surface area contributed by atoms with E-state index >= 15 is 0 Å². The number of rotatable bonds is 13. The molecule has 1 N–H and O–H groups in total. The maximum atomic E-state index is 14.0. The van der Waals surface area contributed by atoms with Gasteiger partial charge in [-0.15, -0.1) is 0 Å². The zero-order chi connectivity index (χ0) is 30.2. The van der Waals surface area contributed by atoms with E-state index < -0.39 is 34.3 Å². The van der Waals surface area contributed by atoms with Gasteiger partial charge in [0.15, 0.2) is 0 Å². The number of amides is 2. The Morgan fingerprint density at radius 3 is 2.10 bits per heavy atom. The molecule has 2 amide bonds. The zero-order valence-corrected chi connectivity index (χ0v) is 25.1. The Morgan fingerprint density at radius 2 is 1.56 bits per heavy atom. The first kappa shape index (κ1) is 31.9. The summed E-state index contributed by atoms with van der Waals surface area (Å²) in [7, 11) is -4.24. The number of ether oxygens (including phenoxy) is 1. The summed E-state index contributed by atoms with van der Waals surface area (Å²) in [5.41, 5.74) is 0.821. The van der Waals surface area contributed by atoms with Gasteiger partial charge in [0.05, 0.1) is 17.2 Å². The van der Waals surface area contributed by atoms with Gasteiger partial charge in [0, 0.05) is 17.6 Å². The Balaban J connectivity index is 2.06. The van der Waals surface area contributed by atoms with Crippen LogP contribution in [0.15, 0.2) is 77.7 Å². The molecule has 3 rings (SSSR count). The van der Waals surface area contributed by atoms with Crippen LogP contribution in [0.2, 0.25) is 5.02 Å². The molecule has 3 aromatic rings. The Morgan fingerprint density at radius 1 is 0.951 bits per heavy atom. The Hall–Kier alpha value is -3.63. The minimum Gasteiger partial charge on any atom is -0.494 e. The number of carbonyl (C=O) groups excluding carboxylic acids is 2. The van der Waals surface area contributed by atoms with E-state index in [1.54, 1.807) is 31.2 Å². The first-order valence-corrected chi connectivity index (χ1v) is 15.1. The van der Waals surface area contributed by atoms with Crippen molar-refractivity contribution in [2.75, 3.05) is 17.5 Å². The summed E-state index contributed by atoms with van der Waals surface area (Å²) in [6, 6.07) is 16.5. The van der Waals surface area contributed by atoms with E-state index in [0.717, 1.165) is 4.31 Å². The van der Waals surface area contributed by atoms with Crippen molar-refractivity contribution >= 4 is 39.1 Å². The summed E-state index contributed by atoms with van der Waals surface area (Å²) in [5, 5.41) is 3.20. The lowest BCUT2D eigenvalue weighted by Crippen LogP contribution is -2.53. The quantitative estimate of drug-likeness (QED) is 0.282. The molecule has 0 fully saturated rings. The Bertz CT molecular complexity index is 1420. The fraction of sp³-hybridized carbons (Fsp3) is 0.333. The molecule has 0 saturated heterocycles. The van der Waals surface area contributed by atoms with Crippen molar-refractivity contribution in [1.82, 2.24) is 10.2 Å². The SMILES string of the molecule is CCOc1ccc(N(CC(=O)N(Cc2ccc(F)cc2)[C@H](CC)C(=O)NC(C)C)S(=O)(=O)c2ccc(Cl)cc2)cc1. The molecule has 0 aromatic heterocycles. The van der Waals surface area contributed by atoms with E-state index in [1.807, 2.05) is 20.8 Å². The van der Waals surface area contributed by atoms with E-state index in [4.69, 9.17) is 16.3 Å². The molecular weight excluding hydrogens is 569 g/mol. The highest BCUT2D eigenvalue weighted by molar-refractivity contribution is 7.92. The molecule has 0 heterocycles. The van der Waals surface area contributed by atoms with Crippen molar-refractivity contribution in [3.05, 3.63) is 89.2 Å². The van der Waals surface area contributed by atoms with Crippen LogP contribution in [0.3, 0.4) is 0 Å². The van der Waals surface area contributed by atoms with Crippen molar-refractivity contribution < 1.29 is 27.1 Å². The number of halogens is 2. The first-order valence-electron chi connectivity index (χ1n) is 13.3. The lowest BCUT2D eigenvalue weighted by molar-refractivity contribution is -0.140. The van der Waals surface area contributed by atoms with Gasteiger partial charge in [-0.3, -0.25) is 13.9 Å². The van der Waals surface area contributed by atoms with Gasteiger partial charge in [-0.05, 0) is 93.4 Å². The van der Waals surface area contributed by atoms with E-state index in [9.17, 15) is 22.4 Å². The summed E-state index contributed by atoms with van der Waals surface area (Å²) in [4.78, 5) is 28.4. The summed E-state index contributed by atoms with van der Waals surface area (Å²) in [6.45, 7) is 7.03. The minimum absolute atomic E-state index is 0.0265. The number of nitrogens with zero attached hydrogens (tertiary/aromatic N) is 2. The molecule has 0 aliphatic carbocycles. The molecule has 11 heteroatoms. The van der Waals surface area contributed by atoms with Gasteiger partial charge in [0.25, 0.3) is 10.0 Å². The van der Waals surface area contributed by atoms with Crippen molar-refractivity contribution in [3.63, 3.8) is 0 Å². The molecule has 41 heavy (non-hydrogen) atoms. The van der Waals surface area contributed by atoms with Crippen LogP contribution in [-0.2, 0) is 26.2 Å². The van der Waals surface area contributed by atoms with Crippen LogP contribution in [0.5, 0.6) is 5.75 Å². The van der Waals surface area contributed by atoms with Gasteiger partial charge >= 0.3 is 0 Å². The Labute approximate surface area is 246 Å². The minimum atomic E-state index is -4.24.